The lowest BCUT2D eigenvalue weighted by Crippen LogP contribution is -2.15. The van der Waals surface area contributed by atoms with Crippen LogP contribution in [0.4, 0.5) is 5.69 Å². The van der Waals surface area contributed by atoms with Crippen molar-refractivity contribution in [2.45, 2.75) is 13.3 Å². The summed E-state index contributed by atoms with van der Waals surface area (Å²) >= 11 is 0. The van der Waals surface area contributed by atoms with Crippen LogP contribution in [0.1, 0.15) is 23.7 Å². The number of anilines is 1. The first-order valence-electron chi connectivity index (χ1n) is 5.17. The average molecular weight is 224 g/mol. The number of nitrogens with zero attached hydrogens (tertiary/aromatic N) is 1. The van der Waals surface area contributed by atoms with Crippen LogP contribution in [0, 0.1) is 5.92 Å². The highest BCUT2D eigenvalue weighted by atomic mass is 16.4. The van der Waals surface area contributed by atoms with Crippen LogP contribution in [0.2, 0.25) is 0 Å². The standard InChI is InChI=1S/C11H16N2O3/c1-8(3-5-14)6-13-10-7-12-4-2-9(10)11(15)16/h2,4,7-8,13-14H,3,5-6H2,1H3,(H,15,16). The second-order valence-electron chi connectivity index (χ2n) is 3.72. The maximum Gasteiger partial charge on any atom is 0.337 e. The van der Waals surface area contributed by atoms with Gasteiger partial charge in [0.2, 0.25) is 0 Å². The number of nitrogens with one attached hydrogen (secondary N) is 1. The first kappa shape index (κ1) is 12.4. The van der Waals surface area contributed by atoms with Gasteiger partial charge in [-0.2, -0.15) is 0 Å². The summed E-state index contributed by atoms with van der Waals surface area (Å²) in [4.78, 5) is 14.8. The smallest absolute Gasteiger partial charge is 0.337 e. The van der Waals surface area contributed by atoms with Gasteiger partial charge in [0.25, 0.3) is 0 Å². The summed E-state index contributed by atoms with van der Waals surface area (Å²) in [6.45, 7) is 2.74. The molecule has 0 saturated heterocycles. The topological polar surface area (TPSA) is 82.5 Å². The molecule has 1 heterocycles. The van der Waals surface area contributed by atoms with Crippen molar-refractivity contribution in [1.82, 2.24) is 4.98 Å². The Labute approximate surface area is 94.1 Å². The lowest BCUT2D eigenvalue weighted by molar-refractivity contribution is 0.0697. The minimum atomic E-state index is -0.972. The van der Waals surface area contributed by atoms with E-state index in [0.717, 1.165) is 0 Å². The summed E-state index contributed by atoms with van der Waals surface area (Å²) in [5, 5.41) is 20.7. The Hall–Kier alpha value is -1.62. The summed E-state index contributed by atoms with van der Waals surface area (Å²) in [5.74, 6) is -0.688. The number of aromatic carboxylic acids is 1. The van der Waals surface area contributed by atoms with Crippen LogP contribution in [-0.2, 0) is 0 Å². The van der Waals surface area contributed by atoms with Crippen molar-refractivity contribution in [2.75, 3.05) is 18.5 Å². The molecule has 0 bridgehead atoms. The fraction of sp³-hybridized carbons (Fsp3) is 0.455. The monoisotopic (exact) mass is 224 g/mol. The van der Waals surface area contributed by atoms with E-state index in [1.165, 1.54) is 18.5 Å². The molecule has 0 aliphatic heterocycles. The van der Waals surface area contributed by atoms with E-state index in [0.29, 0.717) is 18.7 Å². The van der Waals surface area contributed by atoms with Gasteiger partial charge in [-0.15, -0.1) is 0 Å². The van der Waals surface area contributed by atoms with Gasteiger partial charge in [-0.25, -0.2) is 4.79 Å². The summed E-state index contributed by atoms with van der Waals surface area (Å²) < 4.78 is 0. The van der Waals surface area contributed by atoms with E-state index in [2.05, 4.69) is 10.3 Å². The summed E-state index contributed by atoms with van der Waals surface area (Å²) in [5.41, 5.74) is 0.728. The average Bonchev–Trinajstić information content (AvgIpc) is 2.27. The molecule has 1 atom stereocenters. The Balaban J connectivity index is 2.63. The Morgan fingerprint density at radius 1 is 1.62 bits per heavy atom. The van der Waals surface area contributed by atoms with Crippen LogP contribution in [0.25, 0.3) is 0 Å². The maximum atomic E-state index is 10.9. The number of carboxylic acids is 1. The van der Waals surface area contributed by atoms with Crippen LogP contribution >= 0.6 is 0 Å². The number of carbonyl (C=O) groups is 1. The van der Waals surface area contributed by atoms with Crippen molar-refractivity contribution in [2.24, 2.45) is 5.92 Å². The van der Waals surface area contributed by atoms with Crippen LogP contribution < -0.4 is 5.32 Å². The molecule has 0 spiro atoms. The van der Waals surface area contributed by atoms with Gasteiger partial charge in [-0.3, -0.25) is 4.98 Å². The first-order chi connectivity index (χ1) is 7.65. The molecule has 0 aliphatic carbocycles. The van der Waals surface area contributed by atoms with Gasteiger partial charge in [0.1, 0.15) is 0 Å². The molecule has 1 unspecified atom stereocenters. The summed E-state index contributed by atoms with van der Waals surface area (Å²) in [7, 11) is 0. The third-order valence-electron chi connectivity index (χ3n) is 2.31. The van der Waals surface area contributed by atoms with Crippen LogP contribution in [0.5, 0.6) is 0 Å². The second-order valence-corrected chi connectivity index (χ2v) is 3.72. The van der Waals surface area contributed by atoms with E-state index >= 15 is 0 Å². The molecule has 16 heavy (non-hydrogen) atoms. The number of hydrogen-bond acceptors (Lipinski definition) is 4. The predicted octanol–water partition coefficient (Wildman–Crippen LogP) is 1.21. The number of aliphatic hydroxyl groups is 1. The lowest BCUT2D eigenvalue weighted by Gasteiger charge is -2.13. The molecule has 5 nitrogen and oxygen atoms in total. The second kappa shape index (κ2) is 6.07. The first-order valence-corrected chi connectivity index (χ1v) is 5.17. The maximum absolute atomic E-state index is 10.9. The molecule has 3 N–H and O–H groups in total. The minimum absolute atomic E-state index is 0.141. The Bertz CT molecular complexity index is 355. The predicted molar refractivity (Wildman–Crippen MR) is 60.6 cm³/mol. The van der Waals surface area contributed by atoms with E-state index < -0.39 is 5.97 Å². The number of pyridine rings is 1. The molecule has 5 heteroatoms. The summed E-state index contributed by atoms with van der Waals surface area (Å²) in [6.07, 6.45) is 3.64. The van der Waals surface area contributed by atoms with Gasteiger partial charge in [0.05, 0.1) is 17.4 Å². The van der Waals surface area contributed by atoms with Gasteiger partial charge in [0, 0.05) is 19.3 Å². The Morgan fingerprint density at radius 2 is 2.38 bits per heavy atom. The third kappa shape index (κ3) is 3.51. The van der Waals surface area contributed by atoms with E-state index in [1.54, 1.807) is 0 Å². The van der Waals surface area contributed by atoms with Crippen LogP contribution in [0.3, 0.4) is 0 Å². The van der Waals surface area contributed by atoms with Gasteiger partial charge >= 0.3 is 5.97 Å². The SMILES string of the molecule is CC(CCO)CNc1cnccc1C(=O)O. The molecule has 0 amide bonds. The number of hydrogen-bond donors (Lipinski definition) is 3. The van der Waals surface area contributed by atoms with Gasteiger partial charge in [-0.1, -0.05) is 6.92 Å². The minimum Gasteiger partial charge on any atom is -0.478 e. The molecule has 0 aliphatic rings. The highest BCUT2D eigenvalue weighted by Crippen LogP contribution is 2.14. The number of aliphatic hydroxyl groups excluding tert-OH is 1. The molecular formula is C11H16N2O3. The van der Waals surface area contributed by atoms with Crippen molar-refractivity contribution in [1.29, 1.82) is 0 Å². The molecular weight excluding hydrogens is 208 g/mol. The fourth-order valence-corrected chi connectivity index (χ4v) is 1.33. The van der Waals surface area contributed by atoms with E-state index in [4.69, 9.17) is 10.2 Å². The quantitative estimate of drug-likeness (QED) is 0.676. The molecule has 1 aromatic heterocycles. The zero-order chi connectivity index (χ0) is 12.0. The van der Waals surface area contributed by atoms with E-state index in [9.17, 15) is 4.79 Å². The van der Waals surface area contributed by atoms with Crippen molar-refractivity contribution in [3.63, 3.8) is 0 Å². The molecule has 0 fully saturated rings. The number of aromatic nitrogens is 1. The highest BCUT2D eigenvalue weighted by Gasteiger charge is 2.10. The molecule has 1 rings (SSSR count). The Kier molecular flexibility index (Phi) is 4.72. The zero-order valence-corrected chi connectivity index (χ0v) is 9.18. The van der Waals surface area contributed by atoms with Crippen molar-refractivity contribution in [3.05, 3.63) is 24.0 Å². The van der Waals surface area contributed by atoms with Gasteiger partial charge in [-0.05, 0) is 18.4 Å². The third-order valence-corrected chi connectivity index (χ3v) is 2.31. The van der Waals surface area contributed by atoms with Crippen molar-refractivity contribution < 1.29 is 15.0 Å². The largest absolute Gasteiger partial charge is 0.478 e. The number of rotatable bonds is 6. The zero-order valence-electron chi connectivity index (χ0n) is 9.18. The Morgan fingerprint density at radius 3 is 3.00 bits per heavy atom. The van der Waals surface area contributed by atoms with Gasteiger partial charge < -0.3 is 15.5 Å². The molecule has 1 aromatic rings. The van der Waals surface area contributed by atoms with E-state index in [-0.39, 0.29) is 18.1 Å². The van der Waals surface area contributed by atoms with Crippen molar-refractivity contribution >= 4 is 11.7 Å². The van der Waals surface area contributed by atoms with Crippen molar-refractivity contribution in [3.8, 4) is 0 Å². The van der Waals surface area contributed by atoms with Crippen LogP contribution in [0.15, 0.2) is 18.5 Å². The molecule has 0 radical (unpaired) electrons. The van der Waals surface area contributed by atoms with Crippen LogP contribution in [-0.4, -0.2) is 34.3 Å². The number of carboxylic acid groups (broad SMARTS) is 1. The molecule has 88 valence electrons. The normalized spacial score (nSPS) is 12.1. The lowest BCUT2D eigenvalue weighted by atomic mass is 10.1. The molecule has 0 aromatic carbocycles. The summed E-state index contributed by atoms with van der Waals surface area (Å²) in [6, 6.07) is 1.46. The van der Waals surface area contributed by atoms with E-state index in [1.807, 2.05) is 6.92 Å². The highest BCUT2D eigenvalue weighted by molar-refractivity contribution is 5.93. The fourth-order valence-electron chi connectivity index (χ4n) is 1.33. The van der Waals surface area contributed by atoms with Gasteiger partial charge in [0.15, 0.2) is 0 Å². The molecule has 0 saturated carbocycles.